The van der Waals surface area contributed by atoms with Crippen molar-refractivity contribution in [1.82, 2.24) is 10.6 Å². The van der Waals surface area contributed by atoms with Gasteiger partial charge in [0.05, 0.1) is 6.04 Å². The van der Waals surface area contributed by atoms with Crippen LogP contribution in [-0.2, 0) is 4.79 Å². The van der Waals surface area contributed by atoms with Crippen LogP contribution in [0.4, 0.5) is 0 Å². The van der Waals surface area contributed by atoms with Gasteiger partial charge in [-0.1, -0.05) is 0 Å². The second kappa shape index (κ2) is 5.83. The number of carbonyl (C=O) groups excluding carboxylic acids is 1. The number of nitrogens with two attached hydrogens (primary N) is 1. The van der Waals surface area contributed by atoms with Crippen molar-refractivity contribution in [2.75, 3.05) is 6.54 Å². The molecule has 0 aliphatic heterocycles. The van der Waals surface area contributed by atoms with Gasteiger partial charge >= 0.3 is 0 Å². The minimum Gasteiger partial charge on any atom is -0.352 e. The Kier molecular flexibility index (Phi) is 4.40. The van der Waals surface area contributed by atoms with Crippen LogP contribution in [-0.4, -0.2) is 30.6 Å². The normalized spacial score (nSPS) is 30.9. The largest absolute Gasteiger partial charge is 0.352 e. The van der Waals surface area contributed by atoms with E-state index in [-0.39, 0.29) is 11.9 Å². The molecule has 0 bridgehead atoms. The van der Waals surface area contributed by atoms with Crippen LogP contribution >= 0.6 is 0 Å². The average Bonchev–Trinajstić information content (AvgIpc) is 3.12. The van der Waals surface area contributed by atoms with E-state index in [1.54, 1.807) is 6.92 Å². The summed E-state index contributed by atoms with van der Waals surface area (Å²) in [5.41, 5.74) is 5.54. The van der Waals surface area contributed by atoms with Gasteiger partial charge in [-0.3, -0.25) is 4.79 Å². The van der Waals surface area contributed by atoms with Crippen molar-refractivity contribution >= 4 is 5.91 Å². The topological polar surface area (TPSA) is 67.2 Å². The number of carbonyl (C=O) groups is 1. The lowest BCUT2D eigenvalue weighted by Gasteiger charge is -2.30. The summed E-state index contributed by atoms with van der Waals surface area (Å²) in [6, 6.07) is 0.618. The Balaban J connectivity index is 1.61. The molecule has 2 fully saturated rings. The lowest BCUT2D eigenvalue weighted by Crippen LogP contribution is -2.47. The number of hydrogen-bond acceptors (Lipinski definition) is 3. The lowest BCUT2D eigenvalue weighted by atomic mass is 9.91. The van der Waals surface area contributed by atoms with E-state index in [0.29, 0.717) is 12.1 Å². The zero-order valence-electron chi connectivity index (χ0n) is 10.7. The molecule has 4 N–H and O–H groups in total. The maximum Gasteiger partial charge on any atom is 0.236 e. The number of hydrogen-bond donors (Lipinski definition) is 3. The van der Waals surface area contributed by atoms with Crippen LogP contribution in [0.1, 0.15) is 45.4 Å². The summed E-state index contributed by atoms with van der Waals surface area (Å²) in [5.74, 6) is 0.935. The molecule has 2 rings (SSSR count). The molecule has 1 amide bonds. The van der Waals surface area contributed by atoms with E-state index >= 15 is 0 Å². The molecule has 0 aromatic rings. The fourth-order valence-electron chi connectivity index (χ4n) is 2.43. The Morgan fingerprint density at radius 2 is 1.76 bits per heavy atom. The summed E-state index contributed by atoms with van der Waals surface area (Å²) < 4.78 is 0. The molecule has 2 aliphatic rings. The predicted octanol–water partition coefficient (Wildman–Crippen LogP) is 0.761. The van der Waals surface area contributed by atoms with Crippen molar-refractivity contribution in [3.8, 4) is 0 Å². The number of rotatable bonds is 5. The number of amides is 1. The third-order valence-corrected chi connectivity index (χ3v) is 3.88. The molecule has 2 aliphatic carbocycles. The fraction of sp³-hybridized carbons (Fsp3) is 0.923. The van der Waals surface area contributed by atoms with E-state index < -0.39 is 0 Å². The Hall–Kier alpha value is -0.610. The van der Waals surface area contributed by atoms with Crippen LogP contribution in [0.3, 0.4) is 0 Å². The molecule has 1 unspecified atom stereocenters. The highest BCUT2D eigenvalue weighted by atomic mass is 16.2. The van der Waals surface area contributed by atoms with Gasteiger partial charge in [0.15, 0.2) is 0 Å². The quantitative estimate of drug-likeness (QED) is 0.663. The van der Waals surface area contributed by atoms with E-state index in [1.807, 2.05) is 0 Å². The third kappa shape index (κ3) is 4.28. The van der Waals surface area contributed by atoms with Gasteiger partial charge < -0.3 is 16.4 Å². The molecular formula is C13H25N3O. The maximum absolute atomic E-state index is 11.5. The zero-order valence-corrected chi connectivity index (χ0v) is 10.7. The molecule has 4 nitrogen and oxygen atoms in total. The molecule has 0 aromatic heterocycles. The van der Waals surface area contributed by atoms with E-state index in [9.17, 15) is 4.79 Å². The molecule has 0 saturated heterocycles. The summed E-state index contributed by atoms with van der Waals surface area (Å²) in [7, 11) is 0. The Morgan fingerprint density at radius 1 is 1.18 bits per heavy atom. The molecule has 98 valence electrons. The van der Waals surface area contributed by atoms with E-state index in [0.717, 1.165) is 18.8 Å². The summed E-state index contributed by atoms with van der Waals surface area (Å²) in [4.78, 5) is 11.5. The molecule has 4 heteroatoms. The Morgan fingerprint density at radius 3 is 2.29 bits per heavy atom. The SMILES string of the molecule is CC(N)C(=O)NC1CCC(NCC2CC2)CC1. The highest BCUT2D eigenvalue weighted by Crippen LogP contribution is 2.28. The van der Waals surface area contributed by atoms with Gasteiger partial charge in [-0.2, -0.15) is 0 Å². The van der Waals surface area contributed by atoms with Crippen LogP contribution in [0.2, 0.25) is 0 Å². The van der Waals surface area contributed by atoms with Crippen LogP contribution in [0, 0.1) is 5.92 Å². The van der Waals surface area contributed by atoms with Crippen LogP contribution in [0.15, 0.2) is 0 Å². The van der Waals surface area contributed by atoms with Crippen LogP contribution < -0.4 is 16.4 Å². The maximum atomic E-state index is 11.5. The van der Waals surface area contributed by atoms with Gasteiger partial charge in [0.25, 0.3) is 0 Å². The smallest absolute Gasteiger partial charge is 0.236 e. The Bertz CT molecular complexity index is 255. The first-order chi connectivity index (χ1) is 8.15. The molecule has 0 radical (unpaired) electrons. The summed E-state index contributed by atoms with van der Waals surface area (Å²) in [6.45, 7) is 2.93. The molecule has 0 aromatic carbocycles. The molecule has 1 atom stereocenters. The predicted molar refractivity (Wildman–Crippen MR) is 68.6 cm³/mol. The van der Waals surface area contributed by atoms with E-state index in [2.05, 4.69) is 10.6 Å². The Labute approximate surface area is 104 Å². The molecule has 0 spiro atoms. The van der Waals surface area contributed by atoms with Crippen molar-refractivity contribution in [2.24, 2.45) is 11.7 Å². The highest BCUT2D eigenvalue weighted by molar-refractivity contribution is 5.81. The average molecular weight is 239 g/mol. The highest BCUT2D eigenvalue weighted by Gasteiger charge is 2.25. The lowest BCUT2D eigenvalue weighted by molar-refractivity contribution is -0.122. The van der Waals surface area contributed by atoms with Crippen molar-refractivity contribution in [3.63, 3.8) is 0 Å². The van der Waals surface area contributed by atoms with Crippen molar-refractivity contribution in [3.05, 3.63) is 0 Å². The van der Waals surface area contributed by atoms with Crippen LogP contribution in [0.25, 0.3) is 0 Å². The molecular weight excluding hydrogens is 214 g/mol. The first-order valence-corrected chi connectivity index (χ1v) is 6.94. The zero-order chi connectivity index (χ0) is 12.3. The van der Waals surface area contributed by atoms with Crippen molar-refractivity contribution in [1.29, 1.82) is 0 Å². The van der Waals surface area contributed by atoms with E-state index in [1.165, 1.54) is 32.2 Å². The first kappa shape index (κ1) is 12.8. The standard InChI is InChI=1S/C13H25N3O/c1-9(14)13(17)16-12-6-4-11(5-7-12)15-8-10-2-3-10/h9-12,15H,2-8,14H2,1H3,(H,16,17). The van der Waals surface area contributed by atoms with Gasteiger partial charge in [-0.25, -0.2) is 0 Å². The van der Waals surface area contributed by atoms with Gasteiger partial charge in [0, 0.05) is 12.1 Å². The molecule has 17 heavy (non-hydrogen) atoms. The summed E-state index contributed by atoms with van der Waals surface area (Å²) in [5, 5.41) is 6.67. The minimum atomic E-state index is -0.388. The molecule has 2 saturated carbocycles. The summed E-state index contributed by atoms with van der Waals surface area (Å²) in [6.07, 6.45) is 7.34. The van der Waals surface area contributed by atoms with Gasteiger partial charge in [0.1, 0.15) is 0 Å². The number of nitrogens with one attached hydrogen (secondary N) is 2. The van der Waals surface area contributed by atoms with E-state index in [4.69, 9.17) is 5.73 Å². The fourth-order valence-corrected chi connectivity index (χ4v) is 2.43. The second-order valence-corrected chi connectivity index (χ2v) is 5.70. The van der Waals surface area contributed by atoms with Gasteiger partial charge in [-0.05, 0) is 57.9 Å². The van der Waals surface area contributed by atoms with Crippen molar-refractivity contribution < 1.29 is 4.79 Å². The first-order valence-electron chi connectivity index (χ1n) is 6.94. The van der Waals surface area contributed by atoms with Gasteiger partial charge in [-0.15, -0.1) is 0 Å². The monoisotopic (exact) mass is 239 g/mol. The van der Waals surface area contributed by atoms with Gasteiger partial charge in [0.2, 0.25) is 5.91 Å². The second-order valence-electron chi connectivity index (χ2n) is 5.70. The minimum absolute atomic E-state index is 0.0145. The third-order valence-electron chi connectivity index (χ3n) is 3.88. The molecule has 0 heterocycles. The summed E-state index contributed by atoms with van der Waals surface area (Å²) >= 11 is 0. The van der Waals surface area contributed by atoms with Crippen LogP contribution in [0.5, 0.6) is 0 Å². The van der Waals surface area contributed by atoms with Crippen molar-refractivity contribution in [2.45, 2.75) is 63.6 Å².